The van der Waals surface area contributed by atoms with E-state index >= 15 is 0 Å². The van der Waals surface area contributed by atoms with Crippen molar-refractivity contribution >= 4 is 0 Å². The Kier molecular flexibility index (Phi) is 7.82. The predicted molar refractivity (Wildman–Crippen MR) is 73.4 cm³/mol. The minimum absolute atomic E-state index is 0.665. The Morgan fingerprint density at radius 3 is 2.59 bits per heavy atom. The van der Waals surface area contributed by atoms with Crippen LogP contribution in [-0.4, -0.2) is 50.8 Å². The highest BCUT2D eigenvalue weighted by Crippen LogP contribution is 2.20. The number of hydrogen-bond donors (Lipinski definition) is 1. The molecule has 0 saturated carbocycles. The van der Waals surface area contributed by atoms with E-state index in [1.807, 2.05) is 0 Å². The summed E-state index contributed by atoms with van der Waals surface area (Å²) in [7, 11) is 2.07. The van der Waals surface area contributed by atoms with Crippen molar-refractivity contribution in [2.75, 3.05) is 39.9 Å². The molecule has 1 unspecified atom stereocenters. The molecule has 1 saturated heterocycles. The standard InChI is InChI=1S/C14H30N2O/c1-4-5-11-17-12-10-16-8-6-14(7-9-16)13(2)15-3/h13-15H,4-12H2,1-3H3. The van der Waals surface area contributed by atoms with Crippen LogP contribution in [0.5, 0.6) is 0 Å². The van der Waals surface area contributed by atoms with Gasteiger partial charge >= 0.3 is 0 Å². The first-order valence-corrected chi connectivity index (χ1v) is 7.25. The van der Waals surface area contributed by atoms with Crippen molar-refractivity contribution in [1.82, 2.24) is 10.2 Å². The van der Waals surface area contributed by atoms with Crippen LogP contribution in [0, 0.1) is 5.92 Å². The molecule has 1 N–H and O–H groups in total. The number of rotatable bonds is 8. The van der Waals surface area contributed by atoms with Crippen LogP contribution >= 0.6 is 0 Å². The van der Waals surface area contributed by atoms with Gasteiger partial charge in [-0.05, 0) is 52.2 Å². The Morgan fingerprint density at radius 1 is 1.29 bits per heavy atom. The molecule has 102 valence electrons. The van der Waals surface area contributed by atoms with Gasteiger partial charge in [-0.15, -0.1) is 0 Å². The second-order valence-electron chi connectivity index (χ2n) is 5.22. The summed E-state index contributed by atoms with van der Waals surface area (Å²) in [6.45, 7) is 9.95. The van der Waals surface area contributed by atoms with Crippen LogP contribution in [0.15, 0.2) is 0 Å². The van der Waals surface area contributed by atoms with Gasteiger partial charge in [0.25, 0.3) is 0 Å². The molecule has 0 amide bonds. The van der Waals surface area contributed by atoms with E-state index in [9.17, 15) is 0 Å². The fourth-order valence-corrected chi connectivity index (χ4v) is 2.45. The third-order valence-corrected chi connectivity index (χ3v) is 3.99. The van der Waals surface area contributed by atoms with Crippen LogP contribution in [0.1, 0.15) is 39.5 Å². The van der Waals surface area contributed by atoms with Gasteiger partial charge in [-0.25, -0.2) is 0 Å². The van der Waals surface area contributed by atoms with Crippen LogP contribution in [0.4, 0.5) is 0 Å². The van der Waals surface area contributed by atoms with E-state index in [-0.39, 0.29) is 0 Å². The van der Waals surface area contributed by atoms with Gasteiger partial charge in [-0.3, -0.25) is 0 Å². The highest BCUT2D eigenvalue weighted by Gasteiger charge is 2.22. The number of ether oxygens (including phenoxy) is 1. The molecule has 0 aromatic heterocycles. The number of nitrogens with one attached hydrogen (secondary N) is 1. The van der Waals surface area contributed by atoms with Crippen molar-refractivity contribution in [2.24, 2.45) is 5.92 Å². The lowest BCUT2D eigenvalue weighted by molar-refractivity contribution is 0.0834. The number of piperidine rings is 1. The second kappa shape index (κ2) is 8.90. The summed E-state index contributed by atoms with van der Waals surface area (Å²) in [4.78, 5) is 2.55. The maximum Gasteiger partial charge on any atom is 0.0593 e. The molecule has 3 heteroatoms. The van der Waals surface area contributed by atoms with Gasteiger partial charge in [0.05, 0.1) is 6.61 Å². The first-order chi connectivity index (χ1) is 8.27. The molecule has 1 atom stereocenters. The Labute approximate surface area is 107 Å². The minimum Gasteiger partial charge on any atom is -0.380 e. The van der Waals surface area contributed by atoms with E-state index in [2.05, 4.69) is 31.1 Å². The van der Waals surface area contributed by atoms with Crippen molar-refractivity contribution in [3.8, 4) is 0 Å². The molecular weight excluding hydrogens is 212 g/mol. The molecule has 1 aliphatic rings. The Hall–Kier alpha value is -0.120. The summed E-state index contributed by atoms with van der Waals surface area (Å²) in [5, 5.41) is 3.37. The van der Waals surface area contributed by atoms with Gasteiger partial charge in [0.1, 0.15) is 0 Å². The average Bonchev–Trinajstić information content (AvgIpc) is 2.38. The molecule has 1 aliphatic heterocycles. The topological polar surface area (TPSA) is 24.5 Å². The molecule has 3 nitrogen and oxygen atoms in total. The van der Waals surface area contributed by atoms with Crippen LogP contribution in [0.2, 0.25) is 0 Å². The van der Waals surface area contributed by atoms with E-state index in [0.29, 0.717) is 6.04 Å². The van der Waals surface area contributed by atoms with Crippen molar-refractivity contribution in [1.29, 1.82) is 0 Å². The Balaban J connectivity index is 2.03. The first-order valence-electron chi connectivity index (χ1n) is 7.25. The van der Waals surface area contributed by atoms with E-state index in [1.165, 1.54) is 38.8 Å². The predicted octanol–water partition coefficient (Wildman–Crippen LogP) is 2.12. The Bertz CT molecular complexity index is 179. The molecular formula is C14H30N2O. The minimum atomic E-state index is 0.665. The van der Waals surface area contributed by atoms with E-state index in [0.717, 1.165) is 25.7 Å². The van der Waals surface area contributed by atoms with Crippen molar-refractivity contribution in [2.45, 2.75) is 45.6 Å². The zero-order valence-corrected chi connectivity index (χ0v) is 11.9. The zero-order valence-electron chi connectivity index (χ0n) is 11.9. The molecule has 17 heavy (non-hydrogen) atoms. The maximum atomic E-state index is 5.62. The number of likely N-dealkylation sites (tertiary alicyclic amines) is 1. The molecule has 1 fully saturated rings. The van der Waals surface area contributed by atoms with E-state index in [4.69, 9.17) is 4.74 Å². The van der Waals surface area contributed by atoms with Crippen LogP contribution in [0.3, 0.4) is 0 Å². The second-order valence-corrected chi connectivity index (χ2v) is 5.22. The lowest BCUT2D eigenvalue weighted by Gasteiger charge is -2.34. The summed E-state index contributed by atoms with van der Waals surface area (Å²) in [6.07, 6.45) is 5.09. The number of unbranched alkanes of at least 4 members (excludes halogenated alkanes) is 1. The molecule has 1 heterocycles. The lowest BCUT2D eigenvalue weighted by atomic mass is 9.90. The molecule has 0 aromatic rings. The van der Waals surface area contributed by atoms with Crippen molar-refractivity contribution in [3.63, 3.8) is 0 Å². The van der Waals surface area contributed by atoms with Gasteiger partial charge in [-0.2, -0.15) is 0 Å². The molecule has 0 aliphatic carbocycles. The van der Waals surface area contributed by atoms with Gasteiger partial charge in [-0.1, -0.05) is 13.3 Å². The monoisotopic (exact) mass is 242 g/mol. The highest BCUT2D eigenvalue weighted by molar-refractivity contribution is 4.78. The van der Waals surface area contributed by atoms with Crippen molar-refractivity contribution < 1.29 is 4.74 Å². The average molecular weight is 242 g/mol. The third-order valence-electron chi connectivity index (χ3n) is 3.99. The summed E-state index contributed by atoms with van der Waals surface area (Å²) in [6, 6.07) is 0.665. The fourth-order valence-electron chi connectivity index (χ4n) is 2.45. The van der Waals surface area contributed by atoms with Gasteiger partial charge < -0.3 is 15.0 Å². The quantitative estimate of drug-likeness (QED) is 0.660. The maximum absolute atomic E-state index is 5.62. The normalized spacial score (nSPS) is 20.6. The van der Waals surface area contributed by atoms with Gasteiger partial charge in [0.2, 0.25) is 0 Å². The largest absolute Gasteiger partial charge is 0.380 e. The van der Waals surface area contributed by atoms with E-state index in [1.54, 1.807) is 0 Å². The van der Waals surface area contributed by atoms with Gasteiger partial charge in [0.15, 0.2) is 0 Å². The van der Waals surface area contributed by atoms with Crippen LogP contribution in [-0.2, 0) is 4.74 Å². The first kappa shape index (κ1) is 14.9. The molecule has 1 rings (SSSR count). The Morgan fingerprint density at radius 2 is 2.00 bits per heavy atom. The summed E-state index contributed by atoms with van der Waals surface area (Å²) in [5.41, 5.74) is 0. The third kappa shape index (κ3) is 5.84. The number of hydrogen-bond acceptors (Lipinski definition) is 3. The summed E-state index contributed by atoms with van der Waals surface area (Å²) >= 11 is 0. The van der Waals surface area contributed by atoms with Crippen LogP contribution in [0.25, 0.3) is 0 Å². The fraction of sp³-hybridized carbons (Fsp3) is 1.00. The number of nitrogens with zero attached hydrogens (tertiary/aromatic N) is 1. The smallest absolute Gasteiger partial charge is 0.0593 e. The van der Waals surface area contributed by atoms with Gasteiger partial charge in [0, 0.05) is 19.2 Å². The highest BCUT2D eigenvalue weighted by atomic mass is 16.5. The SMILES string of the molecule is CCCCOCCN1CCC(C(C)NC)CC1. The molecule has 0 spiro atoms. The van der Waals surface area contributed by atoms with Crippen molar-refractivity contribution in [3.05, 3.63) is 0 Å². The molecule has 0 bridgehead atoms. The lowest BCUT2D eigenvalue weighted by Crippen LogP contribution is -2.41. The summed E-state index contributed by atoms with van der Waals surface area (Å²) < 4.78 is 5.62. The molecule has 0 aromatic carbocycles. The van der Waals surface area contributed by atoms with E-state index < -0.39 is 0 Å². The zero-order chi connectivity index (χ0) is 12.5. The molecule has 0 radical (unpaired) electrons. The van der Waals surface area contributed by atoms with Crippen LogP contribution < -0.4 is 5.32 Å². The summed E-state index contributed by atoms with van der Waals surface area (Å²) in [5.74, 6) is 0.859.